The van der Waals surface area contributed by atoms with Crippen molar-refractivity contribution in [2.24, 2.45) is 5.92 Å². The van der Waals surface area contributed by atoms with Gasteiger partial charge in [0.1, 0.15) is 0 Å². The van der Waals surface area contributed by atoms with E-state index in [9.17, 15) is 4.79 Å². The second kappa shape index (κ2) is 7.87. The number of fused-ring (bicyclic) bond motifs is 1. The summed E-state index contributed by atoms with van der Waals surface area (Å²) in [5, 5.41) is 3.31. The lowest BCUT2D eigenvalue weighted by Crippen LogP contribution is -2.08. The van der Waals surface area contributed by atoms with Crippen LogP contribution in [0.5, 0.6) is 11.5 Å². The molecule has 0 aliphatic heterocycles. The van der Waals surface area contributed by atoms with Gasteiger partial charge in [0.2, 0.25) is 0 Å². The highest BCUT2D eigenvalue weighted by Crippen LogP contribution is 2.33. The second-order valence-electron chi connectivity index (χ2n) is 7.31. The number of anilines is 1. The van der Waals surface area contributed by atoms with Crippen molar-refractivity contribution in [3.05, 3.63) is 65.4 Å². The fourth-order valence-electron chi connectivity index (χ4n) is 3.94. The summed E-state index contributed by atoms with van der Waals surface area (Å²) in [4.78, 5) is 11.4. The van der Waals surface area contributed by atoms with Crippen molar-refractivity contribution in [2.45, 2.75) is 32.1 Å². The van der Waals surface area contributed by atoms with Crippen molar-refractivity contribution in [3.8, 4) is 11.5 Å². The fraction of sp³-hybridized carbons (Fsp3) is 0.348. The Kier molecular flexibility index (Phi) is 5.14. The number of ketones is 1. The van der Waals surface area contributed by atoms with Crippen LogP contribution >= 0.6 is 0 Å². The van der Waals surface area contributed by atoms with E-state index < -0.39 is 0 Å². The van der Waals surface area contributed by atoms with Gasteiger partial charge in [0, 0.05) is 29.9 Å². The molecule has 0 unspecified atom stereocenters. The monoisotopic (exact) mass is 363 g/mol. The summed E-state index contributed by atoms with van der Waals surface area (Å²) < 4.78 is 11.5. The van der Waals surface area contributed by atoms with E-state index in [0.717, 1.165) is 48.6 Å². The summed E-state index contributed by atoms with van der Waals surface area (Å²) in [6.07, 6.45) is 6.34. The number of benzene rings is 2. The number of ether oxygens (including phenoxy) is 2. The number of nitrogens with one attached hydrogen (secondary N) is 1. The third-order valence-corrected chi connectivity index (χ3v) is 5.36. The number of hydrogen-bond acceptors (Lipinski definition) is 4. The van der Waals surface area contributed by atoms with Crippen LogP contribution in [0.1, 0.15) is 30.4 Å². The lowest BCUT2D eigenvalue weighted by atomic mass is 10.0. The van der Waals surface area contributed by atoms with Gasteiger partial charge in [-0.1, -0.05) is 24.3 Å². The standard InChI is InChI=1S/C23H25NO3/c1-26-22-9-7-20(24-19-6-8-21(25)14-19)15-23(22)27-11-10-16-12-17-4-2-3-5-18(17)13-16/h2-5,7,9,14-16,24H,6,8,10-13H2,1H3. The number of allylic oxidation sites excluding steroid dienone is 2. The molecule has 1 N–H and O–H groups in total. The third-order valence-electron chi connectivity index (χ3n) is 5.36. The molecule has 0 aromatic heterocycles. The van der Waals surface area contributed by atoms with Gasteiger partial charge in [-0.2, -0.15) is 0 Å². The minimum atomic E-state index is 0.181. The lowest BCUT2D eigenvalue weighted by molar-refractivity contribution is -0.114. The van der Waals surface area contributed by atoms with E-state index in [-0.39, 0.29) is 5.78 Å². The average Bonchev–Trinajstić information content (AvgIpc) is 3.27. The number of hydrogen-bond donors (Lipinski definition) is 1. The van der Waals surface area contributed by atoms with Crippen LogP contribution in [0.25, 0.3) is 0 Å². The van der Waals surface area contributed by atoms with Crippen LogP contribution in [-0.4, -0.2) is 19.5 Å². The smallest absolute Gasteiger partial charge is 0.163 e. The molecule has 0 fully saturated rings. The van der Waals surface area contributed by atoms with Crippen LogP contribution in [0.3, 0.4) is 0 Å². The Morgan fingerprint density at radius 2 is 1.81 bits per heavy atom. The molecule has 2 aliphatic carbocycles. The molecule has 0 radical (unpaired) electrons. The third kappa shape index (κ3) is 4.16. The highest BCUT2D eigenvalue weighted by atomic mass is 16.5. The highest BCUT2D eigenvalue weighted by molar-refractivity contribution is 5.93. The molecule has 0 heterocycles. The molecule has 0 saturated carbocycles. The maximum absolute atomic E-state index is 11.4. The van der Waals surface area contributed by atoms with Gasteiger partial charge < -0.3 is 14.8 Å². The van der Waals surface area contributed by atoms with E-state index in [1.54, 1.807) is 13.2 Å². The van der Waals surface area contributed by atoms with E-state index in [2.05, 4.69) is 29.6 Å². The SMILES string of the molecule is COc1ccc(NC2=CC(=O)CC2)cc1OCCC1Cc2ccccc2C1. The quantitative estimate of drug-likeness (QED) is 0.785. The van der Waals surface area contributed by atoms with Gasteiger partial charge in [0.05, 0.1) is 13.7 Å². The van der Waals surface area contributed by atoms with Crippen LogP contribution in [0.4, 0.5) is 5.69 Å². The van der Waals surface area contributed by atoms with Crippen molar-refractivity contribution in [1.82, 2.24) is 0 Å². The van der Waals surface area contributed by atoms with Crippen molar-refractivity contribution in [1.29, 1.82) is 0 Å². The number of methoxy groups -OCH3 is 1. The first-order chi connectivity index (χ1) is 13.2. The van der Waals surface area contributed by atoms with E-state index >= 15 is 0 Å². The van der Waals surface area contributed by atoms with Crippen LogP contribution in [0.2, 0.25) is 0 Å². The van der Waals surface area contributed by atoms with Crippen LogP contribution in [0, 0.1) is 5.92 Å². The van der Waals surface area contributed by atoms with Crippen molar-refractivity contribution in [3.63, 3.8) is 0 Å². The Labute approximate surface area is 160 Å². The predicted octanol–water partition coefficient (Wildman–Crippen LogP) is 4.54. The van der Waals surface area contributed by atoms with Gasteiger partial charge in [0.25, 0.3) is 0 Å². The Balaban J connectivity index is 1.36. The molecule has 4 heteroatoms. The molecular weight excluding hydrogens is 338 g/mol. The predicted molar refractivity (Wildman–Crippen MR) is 106 cm³/mol. The maximum Gasteiger partial charge on any atom is 0.163 e. The summed E-state index contributed by atoms with van der Waals surface area (Å²) in [6, 6.07) is 14.5. The molecule has 2 aromatic carbocycles. The molecule has 0 amide bonds. The zero-order chi connectivity index (χ0) is 18.6. The summed E-state index contributed by atoms with van der Waals surface area (Å²) in [5.41, 5.74) is 4.83. The van der Waals surface area contributed by atoms with E-state index in [0.29, 0.717) is 18.9 Å². The van der Waals surface area contributed by atoms with Gasteiger partial charge in [-0.05, 0) is 54.9 Å². The van der Waals surface area contributed by atoms with Gasteiger partial charge in [-0.3, -0.25) is 4.79 Å². The van der Waals surface area contributed by atoms with Crippen molar-refractivity contribution >= 4 is 11.5 Å². The molecule has 0 spiro atoms. The lowest BCUT2D eigenvalue weighted by Gasteiger charge is -2.15. The summed E-state index contributed by atoms with van der Waals surface area (Å²) >= 11 is 0. The minimum Gasteiger partial charge on any atom is -0.493 e. The van der Waals surface area contributed by atoms with E-state index in [1.807, 2.05) is 18.2 Å². The summed E-state index contributed by atoms with van der Waals surface area (Å²) in [5.74, 6) is 2.29. The van der Waals surface area contributed by atoms with Gasteiger partial charge in [-0.25, -0.2) is 0 Å². The Morgan fingerprint density at radius 3 is 2.48 bits per heavy atom. The maximum atomic E-state index is 11.4. The van der Waals surface area contributed by atoms with Gasteiger partial charge in [-0.15, -0.1) is 0 Å². The molecule has 0 bridgehead atoms. The average molecular weight is 363 g/mol. The molecule has 0 atom stereocenters. The molecule has 2 aliphatic rings. The number of carbonyl (C=O) groups excluding carboxylic acids is 1. The summed E-state index contributed by atoms with van der Waals surface area (Å²) in [6.45, 7) is 0.666. The molecule has 27 heavy (non-hydrogen) atoms. The van der Waals surface area contributed by atoms with Gasteiger partial charge >= 0.3 is 0 Å². The Hall–Kier alpha value is -2.75. The summed E-state index contributed by atoms with van der Waals surface area (Å²) in [7, 11) is 1.65. The van der Waals surface area contributed by atoms with Crippen molar-refractivity contribution < 1.29 is 14.3 Å². The Bertz CT molecular complexity index is 847. The zero-order valence-electron chi connectivity index (χ0n) is 15.7. The topological polar surface area (TPSA) is 47.6 Å². The van der Waals surface area contributed by atoms with Gasteiger partial charge in [0.15, 0.2) is 17.3 Å². The molecular formula is C23H25NO3. The highest BCUT2D eigenvalue weighted by Gasteiger charge is 2.21. The molecule has 0 saturated heterocycles. The molecule has 4 nitrogen and oxygen atoms in total. The number of rotatable bonds is 7. The number of carbonyl (C=O) groups is 1. The molecule has 2 aromatic rings. The van der Waals surface area contributed by atoms with Crippen molar-refractivity contribution in [2.75, 3.05) is 19.0 Å². The first-order valence-electron chi connectivity index (χ1n) is 9.59. The zero-order valence-corrected chi connectivity index (χ0v) is 15.7. The second-order valence-corrected chi connectivity index (χ2v) is 7.31. The molecule has 4 rings (SSSR count). The van der Waals surface area contributed by atoms with Crippen LogP contribution < -0.4 is 14.8 Å². The van der Waals surface area contributed by atoms with Crippen LogP contribution in [0.15, 0.2) is 54.2 Å². The molecule has 140 valence electrons. The van der Waals surface area contributed by atoms with E-state index in [1.165, 1.54) is 11.1 Å². The fourth-order valence-corrected chi connectivity index (χ4v) is 3.94. The first kappa shape index (κ1) is 17.7. The normalized spacial score (nSPS) is 16.2. The Morgan fingerprint density at radius 1 is 1.04 bits per heavy atom. The minimum absolute atomic E-state index is 0.181. The first-order valence-corrected chi connectivity index (χ1v) is 9.59. The van der Waals surface area contributed by atoms with Crippen LogP contribution in [-0.2, 0) is 17.6 Å². The largest absolute Gasteiger partial charge is 0.493 e. The van der Waals surface area contributed by atoms with E-state index in [4.69, 9.17) is 9.47 Å².